The van der Waals surface area contributed by atoms with Gasteiger partial charge in [-0.3, -0.25) is 9.59 Å². The summed E-state index contributed by atoms with van der Waals surface area (Å²) in [7, 11) is 0. The van der Waals surface area contributed by atoms with Crippen LogP contribution >= 0.6 is 11.8 Å². The Balaban J connectivity index is 1.97. The number of benzene rings is 1. The molecule has 2 rings (SSSR count). The molecule has 0 bridgehead atoms. The fourth-order valence-corrected chi connectivity index (χ4v) is 3.11. The Kier molecular flexibility index (Phi) is 6.14. The van der Waals surface area contributed by atoms with Crippen LogP contribution in [-0.2, 0) is 9.59 Å². The summed E-state index contributed by atoms with van der Waals surface area (Å²) in [5.74, 6) is -0.192. The third-order valence-corrected chi connectivity index (χ3v) is 4.23. The van der Waals surface area contributed by atoms with Gasteiger partial charge in [-0.25, -0.2) is 4.98 Å². The molecular formula is C18H18N4O2S. The molecule has 0 fully saturated rings. The van der Waals surface area contributed by atoms with Crippen molar-refractivity contribution in [3.63, 3.8) is 0 Å². The summed E-state index contributed by atoms with van der Waals surface area (Å²) in [4.78, 5) is 27.4. The summed E-state index contributed by atoms with van der Waals surface area (Å²) in [5, 5.41) is 15.2. The maximum Gasteiger partial charge on any atom is 0.234 e. The predicted molar refractivity (Wildman–Crippen MR) is 98.5 cm³/mol. The lowest BCUT2D eigenvalue weighted by Gasteiger charge is -2.09. The summed E-state index contributed by atoms with van der Waals surface area (Å²) in [6.07, 6.45) is 0. The normalized spacial score (nSPS) is 10.0. The zero-order valence-corrected chi connectivity index (χ0v) is 15.0. The van der Waals surface area contributed by atoms with Crippen LogP contribution in [0.25, 0.3) is 0 Å². The van der Waals surface area contributed by atoms with E-state index in [4.69, 9.17) is 0 Å². The van der Waals surface area contributed by atoms with Gasteiger partial charge in [0.15, 0.2) is 0 Å². The van der Waals surface area contributed by atoms with Gasteiger partial charge >= 0.3 is 0 Å². The fraction of sp³-hybridized carbons (Fsp3) is 0.222. The molecule has 0 aliphatic heterocycles. The lowest BCUT2D eigenvalue weighted by Crippen LogP contribution is -2.14. The highest BCUT2D eigenvalue weighted by molar-refractivity contribution is 8.00. The molecular weight excluding hydrogens is 336 g/mol. The molecule has 2 N–H and O–H groups in total. The van der Waals surface area contributed by atoms with E-state index in [1.54, 1.807) is 24.3 Å². The van der Waals surface area contributed by atoms with Crippen molar-refractivity contribution >= 4 is 35.0 Å². The predicted octanol–water partition coefficient (Wildman–Crippen LogP) is 3.26. The van der Waals surface area contributed by atoms with E-state index in [9.17, 15) is 14.9 Å². The number of hydrogen-bond donors (Lipinski definition) is 2. The van der Waals surface area contributed by atoms with Gasteiger partial charge in [-0.15, -0.1) is 0 Å². The van der Waals surface area contributed by atoms with Gasteiger partial charge in [-0.1, -0.05) is 11.8 Å². The van der Waals surface area contributed by atoms with Crippen molar-refractivity contribution in [2.45, 2.75) is 25.8 Å². The zero-order chi connectivity index (χ0) is 18.4. The highest BCUT2D eigenvalue weighted by atomic mass is 32.2. The number of amides is 2. The molecule has 0 spiro atoms. The third kappa shape index (κ3) is 5.33. The van der Waals surface area contributed by atoms with Crippen LogP contribution in [0.15, 0.2) is 35.4 Å². The third-order valence-electron chi connectivity index (χ3n) is 3.25. The first-order valence-electron chi connectivity index (χ1n) is 7.57. The Morgan fingerprint density at radius 3 is 2.32 bits per heavy atom. The van der Waals surface area contributed by atoms with Crippen molar-refractivity contribution in [3.8, 4) is 6.07 Å². The Morgan fingerprint density at radius 1 is 1.16 bits per heavy atom. The second kappa shape index (κ2) is 8.31. The van der Waals surface area contributed by atoms with Crippen molar-refractivity contribution < 1.29 is 9.59 Å². The average Bonchev–Trinajstić information content (AvgIpc) is 2.54. The Labute approximate surface area is 150 Å². The van der Waals surface area contributed by atoms with E-state index in [2.05, 4.69) is 21.7 Å². The molecule has 0 atom stereocenters. The number of aryl methyl sites for hydroxylation is 2. The minimum atomic E-state index is -0.192. The molecule has 0 unspecified atom stereocenters. The van der Waals surface area contributed by atoms with Crippen LogP contribution in [0.5, 0.6) is 0 Å². The summed E-state index contributed by atoms with van der Waals surface area (Å²) in [5.41, 5.74) is 3.47. The van der Waals surface area contributed by atoms with Gasteiger partial charge < -0.3 is 10.6 Å². The molecule has 25 heavy (non-hydrogen) atoms. The van der Waals surface area contributed by atoms with Crippen LogP contribution < -0.4 is 10.6 Å². The quantitative estimate of drug-likeness (QED) is 0.804. The van der Waals surface area contributed by atoms with Crippen molar-refractivity contribution in [2.75, 3.05) is 16.4 Å². The summed E-state index contributed by atoms with van der Waals surface area (Å²) in [6.45, 7) is 5.15. The molecule has 1 aromatic heterocycles. The number of nitrogens with one attached hydrogen (secondary N) is 2. The first kappa shape index (κ1) is 18.5. The van der Waals surface area contributed by atoms with E-state index in [0.29, 0.717) is 22.0 Å². The van der Waals surface area contributed by atoms with Crippen LogP contribution in [0.3, 0.4) is 0 Å². The maximum absolute atomic E-state index is 12.1. The lowest BCUT2D eigenvalue weighted by molar-refractivity contribution is -0.114. The molecule has 0 saturated heterocycles. The number of nitrogens with zero attached hydrogens (tertiary/aromatic N) is 2. The van der Waals surface area contributed by atoms with E-state index in [1.807, 2.05) is 19.9 Å². The second-order valence-electron chi connectivity index (χ2n) is 5.47. The molecule has 6 nitrogen and oxygen atoms in total. The summed E-state index contributed by atoms with van der Waals surface area (Å²) < 4.78 is 0. The number of rotatable bonds is 5. The van der Waals surface area contributed by atoms with Gasteiger partial charge in [0.25, 0.3) is 0 Å². The number of hydrogen-bond acceptors (Lipinski definition) is 5. The summed E-state index contributed by atoms with van der Waals surface area (Å²) >= 11 is 1.24. The number of anilines is 2. The van der Waals surface area contributed by atoms with Crippen molar-refractivity contribution in [1.82, 2.24) is 4.98 Å². The van der Waals surface area contributed by atoms with E-state index in [1.165, 1.54) is 18.7 Å². The van der Waals surface area contributed by atoms with Crippen molar-refractivity contribution in [2.24, 2.45) is 0 Å². The Bertz CT molecular complexity index is 841. The minimum absolute atomic E-state index is 0.151. The number of pyridine rings is 1. The van der Waals surface area contributed by atoms with Crippen LogP contribution in [0, 0.1) is 25.2 Å². The first-order valence-corrected chi connectivity index (χ1v) is 8.56. The average molecular weight is 354 g/mol. The highest BCUT2D eigenvalue weighted by Crippen LogP contribution is 2.24. The fourth-order valence-electron chi connectivity index (χ4n) is 2.21. The molecule has 0 aliphatic carbocycles. The van der Waals surface area contributed by atoms with Crippen LogP contribution in [0.4, 0.5) is 11.4 Å². The Hall–Kier alpha value is -2.85. The van der Waals surface area contributed by atoms with Crippen molar-refractivity contribution in [3.05, 3.63) is 47.2 Å². The standard InChI is InChI=1S/C18H18N4O2S/c1-11-8-12(2)20-18(16(11)9-19)25-10-17(24)22-15-6-4-14(5-7-15)21-13(3)23/h4-8H,10H2,1-3H3,(H,21,23)(H,22,24). The first-order chi connectivity index (χ1) is 11.9. The van der Waals surface area contributed by atoms with Crippen molar-refractivity contribution in [1.29, 1.82) is 5.26 Å². The number of aromatic nitrogens is 1. The Morgan fingerprint density at radius 2 is 1.76 bits per heavy atom. The molecule has 0 saturated carbocycles. The van der Waals surface area contributed by atoms with Gasteiger partial charge in [0, 0.05) is 24.0 Å². The summed E-state index contributed by atoms with van der Waals surface area (Å²) in [6, 6.07) is 10.8. The monoisotopic (exact) mass is 354 g/mol. The molecule has 0 radical (unpaired) electrons. The zero-order valence-electron chi connectivity index (χ0n) is 14.2. The van der Waals surface area contributed by atoms with Gasteiger partial charge in [0.2, 0.25) is 11.8 Å². The van der Waals surface area contributed by atoms with Gasteiger partial charge in [0.05, 0.1) is 11.3 Å². The number of carbonyl (C=O) groups is 2. The largest absolute Gasteiger partial charge is 0.326 e. The number of thioether (sulfide) groups is 1. The molecule has 1 aromatic carbocycles. The van der Waals surface area contributed by atoms with Crippen LogP contribution in [0.2, 0.25) is 0 Å². The maximum atomic E-state index is 12.1. The highest BCUT2D eigenvalue weighted by Gasteiger charge is 2.11. The molecule has 1 heterocycles. The van der Waals surface area contributed by atoms with Gasteiger partial charge in [-0.2, -0.15) is 5.26 Å². The smallest absolute Gasteiger partial charge is 0.234 e. The molecule has 2 aromatic rings. The van der Waals surface area contributed by atoms with Crippen LogP contribution in [-0.4, -0.2) is 22.6 Å². The van der Waals surface area contributed by atoms with E-state index < -0.39 is 0 Å². The topological polar surface area (TPSA) is 94.9 Å². The van der Waals surface area contributed by atoms with E-state index in [-0.39, 0.29) is 17.6 Å². The minimum Gasteiger partial charge on any atom is -0.326 e. The van der Waals surface area contributed by atoms with Gasteiger partial charge in [-0.05, 0) is 49.7 Å². The van der Waals surface area contributed by atoms with Crippen LogP contribution in [0.1, 0.15) is 23.7 Å². The van der Waals surface area contributed by atoms with E-state index in [0.717, 1.165) is 11.3 Å². The van der Waals surface area contributed by atoms with E-state index >= 15 is 0 Å². The second-order valence-corrected chi connectivity index (χ2v) is 6.43. The molecule has 0 aliphatic rings. The SMILES string of the molecule is CC(=O)Nc1ccc(NC(=O)CSc2nc(C)cc(C)c2C#N)cc1. The molecule has 7 heteroatoms. The number of nitriles is 1. The number of carbonyl (C=O) groups excluding carboxylic acids is 2. The molecule has 2 amide bonds. The molecule has 128 valence electrons. The van der Waals surface area contributed by atoms with Gasteiger partial charge in [0.1, 0.15) is 11.1 Å². The lowest BCUT2D eigenvalue weighted by atomic mass is 10.1.